The Morgan fingerprint density at radius 2 is 0.841 bits per heavy atom. The van der Waals surface area contributed by atoms with E-state index in [9.17, 15) is 5.26 Å². The molecule has 0 bridgehead atoms. The summed E-state index contributed by atoms with van der Waals surface area (Å²) in [7, 11) is 0. The lowest BCUT2D eigenvalue weighted by Crippen LogP contribution is -1.94. The zero-order chi connectivity index (χ0) is 41.3. The highest BCUT2D eigenvalue weighted by molar-refractivity contribution is 6.26. The van der Waals surface area contributed by atoms with Crippen LogP contribution in [-0.2, 0) is 0 Å². The van der Waals surface area contributed by atoms with Crippen LogP contribution in [0, 0.1) is 11.3 Å². The second-order valence-corrected chi connectivity index (χ2v) is 16.7. The van der Waals surface area contributed by atoms with Gasteiger partial charge in [-0.3, -0.25) is 0 Å². The first kappa shape index (κ1) is 34.1. The van der Waals surface area contributed by atoms with E-state index < -0.39 is 0 Å². The Labute approximate surface area is 360 Å². The molecule has 0 fully saturated rings. The summed E-state index contributed by atoms with van der Waals surface area (Å²) in [6.07, 6.45) is 0. The molecule has 0 spiro atoms. The Morgan fingerprint density at radius 3 is 1.48 bits per heavy atom. The number of aromatic nitrogens is 1. The average Bonchev–Trinajstić information content (AvgIpc) is 4.01. The highest BCUT2D eigenvalue weighted by Gasteiger charge is 2.22. The average molecular weight is 801 g/mol. The van der Waals surface area contributed by atoms with Crippen molar-refractivity contribution in [3.63, 3.8) is 0 Å². The lowest BCUT2D eigenvalue weighted by atomic mass is 9.84. The number of rotatable bonds is 4. The largest absolute Gasteiger partial charge is 0.456 e. The number of nitriles is 1. The zero-order valence-electron chi connectivity index (χ0n) is 33.7. The number of fused-ring (bicyclic) bond motifs is 8. The van der Waals surface area contributed by atoms with Crippen molar-refractivity contribution in [2.24, 2.45) is 0 Å². The highest BCUT2D eigenvalue weighted by Crippen LogP contribution is 2.48. The van der Waals surface area contributed by atoms with Crippen LogP contribution in [0.2, 0.25) is 0 Å². The molecule has 0 atom stereocenters. The van der Waals surface area contributed by atoms with Crippen LogP contribution in [0.4, 0.5) is 0 Å². The lowest BCUT2D eigenvalue weighted by Gasteiger charge is -2.19. The van der Waals surface area contributed by atoms with Gasteiger partial charge in [-0.15, -0.1) is 0 Å². The Bertz CT molecular complexity index is 4270. The van der Waals surface area contributed by atoms with Gasteiger partial charge in [-0.05, 0) is 145 Å². The number of hydrogen-bond donors (Lipinski definition) is 0. The summed E-state index contributed by atoms with van der Waals surface area (Å²) < 4.78 is 15.0. The van der Waals surface area contributed by atoms with Crippen molar-refractivity contribution < 1.29 is 8.83 Å². The summed E-state index contributed by atoms with van der Waals surface area (Å²) in [5.74, 6) is 0. The van der Waals surface area contributed by atoms with Gasteiger partial charge in [-0.25, -0.2) is 0 Å². The molecular formula is C59H32N2O2. The monoisotopic (exact) mass is 800 g/mol. The number of para-hydroxylation sites is 3. The van der Waals surface area contributed by atoms with Gasteiger partial charge in [0.25, 0.3) is 0 Å². The van der Waals surface area contributed by atoms with E-state index in [-0.39, 0.29) is 0 Å². The maximum Gasteiger partial charge on any atom is 0.135 e. The number of hydrogen-bond acceptors (Lipinski definition) is 3. The SMILES string of the molecule is N#Cc1cc2ccc3cc(-c4ccc5c(-c6ccc7oc8ccccc8c7c6)c6ccccc6c(-c6ccc7oc8ccccc8c7c6)c5c4)cc4c3c2c(c1)n4-c1ccccc1. The third-order valence-electron chi connectivity index (χ3n) is 13.3. The van der Waals surface area contributed by atoms with Crippen molar-refractivity contribution in [3.05, 3.63) is 200 Å². The van der Waals surface area contributed by atoms with E-state index in [0.717, 1.165) is 93.6 Å². The minimum absolute atomic E-state index is 0.651. The van der Waals surface area contributed by atoms with Crippen LogP contribution in [0.1, 0.15) is 5.56 Å². The first-order valence-electron chi connectivity index (χ1n) is 21.3. The molecule has 14 aromatic rings. The van der Waals surface area contributed by atoms with Gasteiger partial charge in [-0.2, -0.15) is 5.26 Å². The van der Waals surface area contributed by atoms with Crippen molar-refractivity contribution in [3.8, 4) is 45.1 Å². The first-order valence-corrected chi connectivity index (χ1v) is 21.3. The van der Waals surface area contributed by atoms with Gasteiger partial charge in [0.1, 0.15) is 22.3 Å². The molecule has 0 unspecified atom stereocenters. The van der Waals surface area contributed by atoms with Crippen LogP contribution in [0.15, 0.2) is 203 Å². The van der Waals surface area contributed by atoms with Crippen molar-refractivity contribution in [2.45, 2.75) is 0 Å². The van der Waals surface area contributed by atoms with Crippen LogP contribution in [0.25, 0.3) is 137 Å². The quantitative estimate of drug-likeness (QED) is 0.132. The topological polar surface area (TPSA) is 55.0 Å². The van der Waals surface area contributed by atoms with Crippen LogP contribution in [0.3, 0.4) is 0 Å². The van der Waals surface area contributed by atoms with E-state index in [0.29, 0.717) is 5.56 Å². The molecule has 3 aromatic heterocycles. The van der Waals surface area contributed by atoms with Crippen molar-refractivity contribution >= 4 is 98.0 Å². The molecule has 4 heteroatoms. The summed E-state index contributed by atoms with van der Waals surface area (Å²) in [6, 6.07) is 71.7. The fraction of sp³-hybridized carbons (Fsp3) is 0. The first-order chi connectivity index (χ1) is 31.2. The molecule has 63 heavy (non-hydrogen) atoms. The molecule has 0 amide bonds. The molecule has 11 aromatic carbocycles. The van der Waals surface area contributed by atoms with Crippen molar-refractivity contribution in [1.82, 2.24) is 4.57 Å². The Kier molecular flexibility index (Phi) is 6.87. The molecule has 0 radical (unpaired) electrons. The molecule has 0 saturated carbocycles. The molecule has 0 aliphatic heterocycles. The van der Waals surface area contributed by atoms with Gasteiger partial charge in [-0.1, -0.05) is 115 Å². The predicted octanol–water partition coefficient (Wildman–Crippen LogP) is 16.4. The van der Waals surface area contributed by atoms with Gasteiger partial charge in [0.05, 0.1) is 22.7 Å². The minimum Gasteiger partial charge on any atom is -0.456 e. The van der Waals surface area contributed by atoms with E-state index in [2.05, 4.69) is 162 Å². The van der Waals surface area contributed by atoms with E-state index in [1.807, 2.05) is 42.5 Å². The number of nitrogens with zero attached hydrogens (tertiary/aromatic N) is 2. The third-order valence-corrected chi connectivity index (χ3v) is 13.3. The Morgan fingerprint density at radius 1 is 0.349 bits per heavy atom. The molecule has 0 N–H and O–H groups in total. The van der Waals surface area contributed by atoms with Gasteiger partial charge >= 0.3 is 0 Å². The summed E-state index contributed by atoms with van der Waals surface area (Å²) in [4.78, 5) is 0. The standard InChI is InChI=1S/C59H32N2O2/c60-33-34-26-36-18-19-37-28-40(32-51-59(37)58(36)50(27-34)61(51)41-10-2-1-3-11-41)35-20-23-46-49(29-35)57(39-22-25-55-48(31-39)43-13-7-9-17-53(43)63-55)45-15-5-4-14-44(45)56(46)38-21-24-54-47(30-38)42-12-6-8-16-52(42)62-54/h1-32H. The highest BCUT2D eigenvalue weighted by atomic mass is 16.3. The normalized spacial score (nSPS) is 12.1. The fourth-order valence-electron chi connectivity index (χ4n) is 10.6. The Hall–Kier alpha value is -8.65. The maximum absolute atomic E-state index is 10.1. The molecule has 14 rings (SSSR count). The molecule has 0 aliphatic carbocycles. The van der Waals surface area contributed by atoms with Crippen LogP contribution in [-0.4, -0.2) is 4.57 Å². The Balaban J connectivity index is 1.09. The zero-order valence-corrected chi connectivity index (χ0v) is 33.7. The molecule has 3 heterocycles. The molecule has 0 aliphatic rings. The van der Waals surface area contributed by atoms with E-state index >= 15 is 0 Å². The predicted molar refractivity (Wildman–Crippen MR) is 260 cm³/mol. The summed E-state index contributed by atoms with van der Waals surface area (Å²) in [5.41, 5.74) is 14.3. The van der Waals surface area contributed by atoms with Crippen LogP contribution >= 0.6 is 0 Å². The third kappa shape index (κ3) is 4.85. The molecular weight excluding hydrogens is 769 g/mol. The smallest absolute Gasteiger partial charge is 0.135 e. The summed E-state index contributed by atoms with van der Waals surface area (Å²) >= 11 is 0. The lowest BCUT2D eigenvalue weighted by molar-refractivity contribution is 0.668. The van der Waals surface area contributed by atoms with Gasteiger partial charge in [0.2, 0.25) is 0 Å². The molecule has 0 saturated heterocycles. The fourth-order valence-corrected chi connectivity index (χ4v) is 10.6. The van der Waals surface area contributed by atoms with E-state index in [1.54, 1.807) is 0 Å². The minimum atomic E-state index is 0.651. The van der Waals surface area contributed by atoms with E-state index in [4.69, 9.17) is 8.83 Å². The number of furan rings is 2. The summed E-state index contributed by atoms with van der Waals surface area (Å²) in [6.45, 7) is 0. The van der Waals surface area contributed by atoms with Crippen molar-refractivity contribution in [2.75, 3.05) is 0 Å². The van der Waals surface area contributed by atoms with Gasteiger partial charge in [0, 0.05) is 38.0 Å². The van der Waals surface area contributed by atoms with Gasteiger partial charge < -0.3 is 13.4 Å². The van der Waals surface area contributed by atoms with Crippen molar-refractivity contribution in [1.29, 1.82) is 5.26 Å². The second kappa shape index (κ2) is 12.7. The maximum atomic E-state index is 10.1. The van der Waals surface area contributed by atoms with E-state index in [1.165, 1.54) is 43.4 Å². The van der Waals surface area contributed by atoms with Crippen LogP contribution < -0.4 is 0 Å². The number of benzene rings is 11. The summed E-state index contributed by atoms with van der Waals surface area (Å²) in [5, 5.41) is 23.8. The van der Waals surface area contributed by atoms with Gasteiger partial charge in [0.15, 0.2) is 0 Å². The molecule has 290 valence electrons. The second-order valence-electron chi connectivity index (χ2n) is 16.7. The van der Waals surface area contributed by atoms with Crippen LogP contribution in [0.5, 0.6) is 0 Å². The molecule has 4 nitrogen and oxygen atoms in total.